The third kappa shape index (κ3) is 4.13. The van der Waals surface area contributed by atoms with Gasteiger partial charge in [0.05, 0.1) is 19.1 Å². The first-order valence-electron chi connectivity index (χ1n) is 10.2. The van der Waals surface area contributed by atoms with Gasteiger partial charge in [0.2, 0.25) is 5.91 Å². The number of amides is 1. The molecular weight excluding hydrogens is 387 g/mol. The number of aliphatic hydroxyl groups is 1. The van der Waals surface area contributed by atoms with E-state index < -0.39 is 6.10 Å². The quantitative estimate of drug-likeness (QED) is 0.760. The molecule has 160 valence electrons. The summed E-state index contributed by atoms with van der Waals surface area (Å²) in [6.45, 7) is -0.0467. The normalized spacial score (nSPS) is 24.5. The van der Waals surface area contributed by atoms with Crippen LogP contribution in [0.3, 0.4) is 0 Å². The van der Waals surface area contributed by atoms with E-state index in [1.807, 2.05) is 31.1 Å². The van der Waals surface area contributed by atoms with Crippen LogP contribution in [0.2, 0.25) is 0 Å². The predicted octanol–water partition coefficient (Wildman–Crippen LogP) is 2.59. The zero-order valence-corrected chi connectivity index (χ0v) is 17.2. The Labute approximate surface area is 175 Å². The molecule has 2 aromatic carbocycles. The van der Waals surface area contributed by atoms with E-state index in [0.717, 1.165) is 17.0 Å². The maximum Gasteiger partial charge on any atom is 0.222 e. The summed E-state index contributed by atoms with van der Waals surface area (Å²) < 4.78 is 25.8. The van der Waals surface area contributed by atoms with Gasteiger partial charge < -0.3 is 24.8 Å². The number of benzene rings is 2. The number of nitrogens with zero attached hydrogens (tertiary/aromatic N) is 1. The fraction of sp³-hybridized carbons (Fsp3) is 0.435. The summed E-state index contributed by atoms with van der Waals surface area (Å²) >= 11 is 0. The minimum absolute atomic E-state index is 0.0511. The van der Waals surface area contributed by atoms with Gasteiger partial charge in [0, 0.05) is 43.4 Å². The van der Waals surface area contributed by atoms with Gasteiger partial charge in [-0.15, -0.1) is 0 Å². The van der Waals surface area contributed by atoms with Crippen LogP contribution >= 0.6 is 0 Å². The van der Waals surface area contributed by atoms with Gasteiger partial charge in [0.15, 0.2) is 0 Å². The van der Waals surface area contributed by atoms with Gasteiger partial charge in [-0.25, -0.2) is 4.39 Å². The Bertz CT molecular complexity index is 920. The number of anilines is 1. The van der Waals surface area contributed by atoms with Gasteiger partial charge in [-0.2, -0.15) is 0 Å². The molecule has 0 spiro atoms. The Hall–Kier alpha value is -2.64. The fourth-order valence-corrected chi connectivity index (χ4v) is 4.27. The molecule has 2 aromatic rings. The Morgan fingerprint density at radius 1 is 1.27 bits per heavy atom. The topological polar surface area (TPSA) is 71.0 Å². The van der Waals surface area contributed by atoms with Crippen molar-refractivity contribution in [3.05, 3.63) is 59.4 Å². The highest BCUT2D eigenvalue weighted by atomic mass is 19.1. The van der Waals surface area contributed by atoms with Crippen molar-refractivity contribution in [3.63, 3.8) is 0 Å². The maximum absolute atomic E-state index is 13.8. The Balaban J connectivity index is 1.43. The summed E-state index contributed by atoms with van der Waals surface area (Å²) in [5, 5.41) is 12.6. The van der Waals surface area contributed by atoms with Crippen molar-refractivity contribution in [1.29, 1.82) is 0 Å². The molecular formula is C23H27FN2O4. The summed E-state index contributed by atoms with van der Waals surface area (Å²) in [6.07, 6.45) is -0.334. The van der Waals surface area contributed by atoms with E-state index in [1.165, 1.54) is 6.07 Å². The molecule has 0 radical (unpaired) electrons. The number of rotatable bonds is 6. The molecule has 7 heteroatoms. The lowest BCUT2D eigenvalue weighted by atomic mass is 9.84. The van der Waals surface area contributed by atoms with Crippen LogP contribution in [-0.2, 0) is 16.1 Å². The zero-order chi connectivity index (χ0) is 21.3. The van der Waals surface area contributed by atoms with E-state index in [4.69, 9.17) is 9.47 Å². The molecule has 4 atom stereocenters. The largest absolute Gasteiger partial charge is 0.487 e. The van der Waals surface area contributed by atoms with E-state index in [0.29, 0.717) is 12.0 Å². The van der Waals surface area contributed by atoms with Crippen molar-refractivity contribution < 1.29 is 23.8 Å². The van der Waals surface area contributed by atoms with Gasteiger partial charge in [-0.3, -0.25) is 4.79 Å². The van der Waals surface area contributed by atoms with E-state index in [1.54, 1.807) is 18.2 Å². The number of aliphatic hydroxyl groups excluding tert-OH is 1. The van der Waals surface area contributed by atoms with Crippen LogP contribution in [0.1, 0.15) is 29.9 Å². The highest BCUT2D eigenvalue weighted by Crippen LogP contribution is 2.47. The van der Waals surface area contributed by atoms with E-state index in [-0.39, 0.29) is 49.4 Å². The van der Waals surface area contributed by atoms with Crippen LogP contribution in [0, 0.1) is 5.82 Å². The van der Waals surface area contributed by atoms with Gasteiger partial charge in [-0.05, 0) is 30.7 Å². The van der Waals surface area contributed by atoms with Crippen molar-refractivity contribution in [1.82, 2.24) is 5.32 Å². The van der Waals surface area contributed by atoms with Gasteiger partial charge in [0.25, 0.3) is 0 Å². The lowest BCUT2D eigenvalue weighted by Crippen LogP contribution is -2.47. The maximum atomic E-state index is 13.8. The van der Waals surface area contributed by atoms with Crippen LogP contribution < -0.4 is 15.0 Å². The Morgan fingerprint density at radius 3 is 2.80 bits per heavy atom. The third-order valence-electron chi connectivity index (χ3n) is 5.85. The molecule has 2 N–H and O–H groups in total. The predicted molar refractivity (Wildman–Crippen MR) is 111 cm³/mol. The van der Waals surface area contributed by atoms with Crippen LogP contribution in [0.25, 0.3) is 0 Å². The molecule has 30 heavy (non-hydrogen) atoms. The number of nitrogens with one attached hydrogen (secondary N) is 1. The summed E-state index contributed by atoms with van der Waals surface area (Å²) in [4.78, 5) is 14.5. The SMILES string of the molecule is CN(C)c1ccc2c(c1)[C@@H]1C[C@@H](CC(=O)NCc3ccccc3F)O[C@H](CO)[C@@H]1O2. The number of hydrogen-bond acceptors (Lipinski definition) is 5. The van der Waals surface area contributed by atoms with Crippen molar-refractivity contribution in [2.24, 2.45) is 0 Å². The Morgan fingerprint density at radius 2 is 2.07 bits per heavy atom. The van der Waals surface area contributed by atoms with Crippen LogP contribution in [-0.4, -0.2) is 50.0 Å². The van der Waals surface area contributed by atoms with Gasteiger partial charge in [0.1, 0.15) is 23.8 Å². The van der Waals surface area contributed by atoms with E-state index in [2.05, 4.69) is 11.4 Å². The summed E-state index contributed by atoms with van der Waals surface area (Å²) in [5.41, 5.74) is 2.60. The van der Waals surface area contributed by atoms with Gasteiger partial charge >= 0.3 is 0 Å². The van der Waals surface area contributed by atoms with E-state index >= 15 is 0 Å². The highest BCUT2D eigenvalue weighted by Gasteiger charge is 2.46. The minimum atomic E-state index is -0.497. The molecule has 6 nitrogen and oxygen atoms in total. The fourth-order valence-electron chi connectivity index (χ4n) is 4.27. The Kier molecular flexibility index (Phi) is 5.92. The first kappa shape index (κ1) is 20.6. The monoisotopic (exact) mass is 414 g/mol. The smallest absolute Gasteiger partial charge is 0.222 e. The minimum Gasteiger partial charge on any atom is -0.487 e. The number of hydrogen-bond donors (Lipinski definition) is 2. The summed E-state index contributed by atoms with van der Waals surface area (Å²) in [6, 6.07) is 12.4. The number of fused-ring (bicyclic) bond motifs is 3. The number of carbonyl (C=O) groups excluding carboxylic acids is 1. The van der Waals surface area contributed by atoms with Crippen LogP contribution in [0.4, 0.5) is 10.1 Å². The number of ether oxygens (including phenoxy) is 2. The molecule has 1 saturated heterocycles. The molecule has 2 heterocycles. The standard InChI is InChI=1S/C23H27FN2O4/c1-26(2)15-7-8-20-17(9-15)18-10-16(29-21(13-27)23(18)30-20)11-22(28)25-12-14-5-3-4-6-19(14)24/h3-9,16,18,21,23,27H,10-13H2,1-2H3,(H,25,28)/t16-,18-,21+,23+/m0/s1. The summed E-state index contributed by atoms with van der Waals surface area (Å²) in [5.74, 6) is 0.309. The third-order valence-corrected chi connectivity index (χ3v) is 5.85. The first-order chi connectivity index (χ1) is 14.5. The first-order valence-corrected chi connectivity index (χ1v) is 10.2. The van der Waals surface area contributed by atoms with Gasteiger partial charge in [-0.1, -0.05) is 18.2 Å². The number of carbonyl (C=O) groups is 1. The second-order valence-electron chi connectivity index (χ2n) is 8.09. The highest BCUT2D eigenvalue weighted by molar-refractivity contribution is 5.76. The molecule has 1 amide bonds. The second kappa shape index (κ2) is 8.62. The average Bonchev–Trinajstić information content (AvgIpc) is 3.10. The molecule has 0 bridgehead atoms. The van der Waals surface area contributed by atoms with Crippen molar-refractivity contribution in [3.8, 4) is 5.75 Å². The van der Waals surface area contributed by atoms with Crippen molar-refractivity contribution >= 4 is 11.6 Å². The molecule has 4 rings (SSSR count). The lowest BCUT2D eigenvalue weighted by Gasteiger charge is -2.37. The summed E-state index contributed by atoms with van der Waals surface area (Å²) in [7, 11) is 3.97. The average molecular weight is 414 g/mol. The van der Waals surface area contributed by atoms with Crippen molar-refractivity contribution in [2.75, 3.05) is 25.6 Å². The molecule has 0 aromatic heterocycles. The molecule has 2 aliphatic rings. The number of halogens is 1. The molecule has 0 unspecified atom stereocenters. The molecule has 0 saturated carbocycles. The second-order valence-corrected chi connectivity index (χ2v) is 8.09. The molecule has 2 aliphatic heterocycles. The van der Waals surface area contributed by atoms with E-state index in [9.17, 15) is 14.3 Å². The zero-order valence-electron chi connectivity index (χ0n) is 17.2. The molecule has 0 aliphatic carbocycles. The van der Waals surface area contributed by atoms with Crippen molar-refractivity contribution in [2.45, 2.75) is 43.6 Å². The van der Waals surface area contributed by atoms with Crippen LogP contribution in [0.15, 0.2) is 42.5 Å². The van der Waals surface area contributed by atoms with Crippen LogP contribution in [0.5, 0.6) is 5.75 Å². The lowest BCUT2D eigenvalue weighted by molar-refractivity contribution is -0.142. The molecule has 1 fully saturated rings.